The molecule has 0 aliphatic rings. The number of alkyl halides is 3. The molecule has 0 fully saturated rings. The minimum Gasteiger partial charge on any atom is -0.462 e. The molecule has 202 valence electrons. The molecule has 3 rings (SSSR count). The number of halogens is 3. The van der Waals surface area contributed by atoms with E-state index in [4.69, 9.17) is 4.74 Å². The highest BCUT2D eigenvalue weighted by atomic mass is 19.4. The fourth-order valence-electron chi connectivity index (χ4n) is 3.55. The van der Waals surface area contributed by atoms with E-state index >= 15 is 0 Å². The summed E-state index contributed by atoms with van der Waals surface area (Å²) in [6.45, 7) is 13.1. The van der Waals surface area contributed by atoms with Crippen molar-refractivity contribution in [3.05, 3.63) is 95.7 Å². The first-order chi connectivity index (χ1) is 17.6. The summed E-state index contributed by atoms with van der Waals surface area (Å²) in [4.78, 5) is 16.8. The molecule has 2 aromatic carbocycles. The zero-order chi connectivity index (χ0) is 28.1. The summed E-state index contributed by atoms with van der Waals surface area (Å²) in [6.07, 6.45) is -3.07. The van der Waals surface area contributed by atoms with Gasteiger partial charge in [0.1, 0.15) is 0 Å². The van der Waals surface area contributed by atoms with Gasteiger partial charge in [-0.25, -0.2) is 4.98 Å². The molecule has 3 aromatic rings. The molecule has 7 heteroatoms. The number of hydrogen-bond acceptors (Lipinski definition) is 3. The van der Waals surface area contributed by atoms with Crippen LogP contribution in [-0.4, -0.2) is 22.5 Å². The molecule has 1 aromatic heterocycles. The molecule has 1 heterocycles. The average molecular weight is 517 g/mol. The number of nitrogens with one attached hydrogen (secondary N) is 1. The van der Waals surface area contributed by atoms with E-state index in [1.807, 2.05) is 95.3 Å². The van der Waals surface area contributed by atoms with E-state index in [-0.39, 0.29) is 23.7 Å². The first kappa shape index (κ1) is 31.7. The van der Waals surface area contributed by atoms with Gasteiger partial charge in [-0.05, 0) is 44.4 Å². The van der Waals surface area contributed by atoms with Gasteiger partial charge in [0.05, 0.1) is 5.56 Å². The van der Waals surface area contributed by atoms with Crippen molar-refractivity contribution >= 4 is 5.91 Å². The largest absolute Gasteiger partial charge is 0.462 e. The lowest BCUT2D eigenvalue weighted by atomic mass is 9.86. The van der Waals surface area contributed by atoms with Gasteiger partial charge < -0.3 is 10.1 Å². The van der Waals surface area contributed by atoms with Crippen molar-refractivity contribution in [1.82, 2.24) is 10.3 Å². The molecule has 0 bridgehead atoms. The van der Waals surface area contributed by atoms with Crippen LogP contribution in [0.4, 0.5) is 13.2 Å². The van der Waals surface area contributed by atoms with Crippen LogP contribution in [0.25, 0.3) is 0 Å². The van der Waals surface area contributed by atoms with Gasteiger partial charge in [0.2, 0.25) is 5.88 Å². The van der Waals surface area contributed by atoms with Crippen molar-refractivity contribution in [1.29, 1.82) is 0 Å². The zero-order valence-corrected chi connectivity index (χ0v) is 22.8. The van der Waals surface area contributed by atoms with Gasteiger partial charge in [-0.15, -0.1) is 0 Å². The predicted molar refractivity (Wildman–Crippen MR) is 144 cm³/mol. The summed E-state index contributed by atoms with van der Waals surface area (Å²) in [5.74, 6) is -0.428. The van der Waals surface area contributed by atoms with Gasteiger partial charge >= 0.3 is 6.18 Å². The summed E-state index contributed by atoms with van der Waals surface area (Å²) in [5, 5.41) is 3.02. The van der Waals surface area contributed by atoms with E-state index in [1.165, 1.54) is 0 Å². The Morgan fingerprint density at radius 1 is 0.892 bits per heavy atom. The molecule has 1 N–H and O–H groups in total. The molecule has 0 spiro atoms. The minimum atomic E-state index is -4.49. The number of nitrogens with zero attached hydrogens (tertiary/aromatic N) is 1. The highest BCUT2D eigenvalue weighted by Crippen LogP contribution is 2.30. The SMILES string of the molecule is CC.CC.CC(NC(=O)C(C)(C)Oc1ccc(C(F)(F)F)cn1)C(Cc1ccccc1)c1ccccc1. The highest BCUT2D eigenvalue weighted by Gasteiger charge is 2.34. The van der Waals surface area contributed by atoms with Crippen LogP contribution in [0.3, 0.4) is 0 Å². The van der Waals surface area contributed by atoms with Crippen molar-refractivity contribution in [2.24, 2.45) is 0 Å². The third kappa shape index (κ3) is 9.90. The molecule has 0 radical (unpaired) electrons. The molecule has 0 saturated carbocycles. The maximum atomic E-state index is 13.1. The van der Waals surface area contributed by atoms with Crippen molar-refractivity contribution in [2.75, 3.05) is 0 Å². The Morgan fingerprint density at radius 3 is 1.92 bits per heavy atom. The first-order valence-electron chi connectivity index (χ1n) is 12.7. The van der Waals surface area contributed by atoms with Gasteiger partial charge in [-0.2, -0.15) is 13.2 Å². The Kier molecular flexibility index (Phi) is 12.9. The molecule has 0 aliphatic carbocycles. The number of rotatable bonds is 8. The monoisotopic (exact) mass is 516 g/mol. The number of hydrogen-bond donors (Lipinski definition) is 1. The average Bonchev–Trinajstić information content (AvgIpc) is 2.90. The van der Waals surface area contributed by atoms with Gasteiger partial charge in [-0.3, -0.25) is 4.79 Å². The molecule has 0 saturated heterocycles. The molecular formula is C30H39F3N2O2. The topological polar surface area (TPSA) is 51.2 Å². The second-order valence-electron chi connectivity index (χ2n) is 8.46. The fraction of sp³-hybridized carbons (Fsp3) is 0.400. The lowest BCUT2D eigenvalue weighted by Gasteiger charge is -2.30. The number of pyridine rings is 1. The summed E-state index contributed by atoms with van der Waals surface area (Å²) in [5.41, 5.74) is 0.0289. The van der Waals surface area contributed by atoms with Gasteiger partial charge in [0.15, 0.2) is 5.60 Å². The normalized spacial score (nSPS) is 12.6. The van der Waals surface area contributed by atoms with E-state index in [9.17, 15) is 18.0 Å². The second kappa shape index (κ2) is 15.0. The molecule has 0 aliphatic heterocycles. The predicted octanol–water partition coefficient (Wildman–Crippen LogP) is 7.84. The van der Waals surface area contributed by atoms with E-state index < -0.39 is 17.3 Å². The van der Waals surface area contributed by atoms with Crippen LogP contribution < -0.4 is 10.1 Å². The van der Waals surface area contributed by atoms with Crippen LogP contribution in [0.15, 0.2) is 79.0 Å². The van der Waals surface area contributed by atoms with Crippen molar-refractivity contribution in [2.45, 2.75) is 78.6 Å². The smallest absolute Gasteiger partial charge is 0.417 e. The van der Waals surface area contributed by atoms with E-state index in [0.29, 0.717) is 6.20 Å². The standard InChI is InChI=1S/C26H27F3N2O2.2C2H6/c1-18(22(20-12-8-5-9-13-20)16-19-10-6-4-7-11-19)31-24(32)25(2,3)33-23-15-14-21(17-30-23)26(27,28)29;2*1-2/h4-15,17-18,22H,16H2,1-3H3,(H,31,32);2*1-2H3. The van der Waals surface area contributed by atoms with Crippen LogP contribution in [0.2, 0.25) is 0 Å². The third-order valence-electron chi connectivity index (χ3n) is 5.46. The van der Waals surface area contributed by atoms with E-state index in [1.54, 1.807) is 13.8 Å². The third-order valence-corrected chi connectivity index (χ3v) is 5.46. The molecule has 37 heavy (non-hydrogen) atoms. The van der Waals surface area contributed by atoms with Crippen LogP contribution in [0.5, 0.6) is 5.88 Å². The maximum Gasteiger partial charge on any atom is 0.417 e. The van der Waals surface area contributed by atoms with E-state index in [2.05, 4.69) is 10.3 Å². The zero-order valence-electron chi connectivity index (χ0n) is 22.8. The highest BCUT2D eigenvalue weighted by molar-refractivity contribution is 5.85. The molecular weight excluding hydrogens is 477 g/mol. The van der Waals surface area contributed by atoms with Gasteiger partial charge in [-0.1, -0.05) is 88.4 Å². The Labute approximate surface area is 219 Å². The molecule has 4 nitrogen and oxygen atoms in total. The van der Waals surface area contributed by atoms with Gasteiger partial charge in [0.25, 0.3) is 5.91 Å². The summed E-state index contributed by atoms with van der Waals surface area (Å²) < 4.78 is 43.9. The first-order valence-corrected chi connectivity index (χ1v) is 12.7. The quantitative estimate of drug-likeness (QED) is 0.332. The lowest BCUT2D eigenvalue weighted by molar-refractivity contribution is -0.138. The van der Waals surface area contributed by atoms with Crippen LogP contribution in [-0.2, 0) is 17.4 Å². The second-order valence-corrected chi connectivity index (χ2v) is 8.46. The van der Waals surface area contributed by atoms with Crippen molar-refractivity contribution in [3.63, 3.8) is 0 Å². The van der Waals surface area contributed by atoms with Crippen LogP contribution >= 0.6 is 0 Å². The molecule has 2 atom stereocenters. The summed E-state index contributed by atoms with van der Waals surface area (Å²) in [7, 11) is 0. The minimum absolute atomic E-state index is 0.0116. The van der Waals surface area contributed by atoms with Crippen LogP contribution in [0.1, 0.15) is 71.1 Å². The number of carbonyl (C=O) groups is 1. The van der Waals surface area contributed by atoms with Gasteiger partial charge in [0, 0.05) is 24.2 Å². The van der Waals surface area contributed by atoms with Crippen LogP contribution in [0, 0.1) is 0 Å². The Morgan fingerprint density at radius 2 is 1.43 bits per heavy atom. The number of carbonyl (C=O) groups excluding carboxylic acids is 1. The van der Waals surface area contributed by atoms with Crippen molar-refractivity contribution < 1.29 is 22.7 Å². The number of ether oxygens (including phenoxy) is 1. The van der Waals surface area contributed by atoms with E-state index in [0.717, 1.165) is 29.7 Å². The Balaban J connectivity index is 0.00000163. The summed E-state index contributed by atoms with van der Waals surface area (Å²) >= 11 is 0. The number of amides is 1. The number of benzene rings is 2. The Bertz CT molecular complexity index is 1040. The maximum absolute atomic E-state index is 13.1. The fourth-order valence-corrected chi connectivity index (χ4v) is 3.55. The Hall–Kier alpha value is -3.35. The molecule has 1 amide bonds. The number of aromatic nitrogens is 1. The summed E-state index contributed by atoms with van der Waals surface area (Å²) in [6, 6.07) is 21.7. The van der Waals surface area contributed by atoms with Crippen molar-refractivity contribution in [3.8, 4) is 5.88 Å². The molecule has 2 unspecified atom stereocenters. The lowest BCUT2D eigenvalue weighted by Crippen LogP contribution is -2.51.